The van der Waals surface area contributed by atoms with Gasteiger partial charge in [-0.2, -0.15) is 0 Å². The summed E-state index contributed by atoms with van der Waals surface area (Å²) in [6, 6.07) is 0.811. The van der Waals surface area contributed by atoms with Gasteiger partial charge in [-0.1, -0.05) is 13.3 Å². The molecule has 0 amide bonds. The van der Waals surface area contributed by atoms with Gasteiger partial charge in [0.2, 0.25) is 0 Å². The molecule has 2 fully saturated rings. The quantitative estimate of drug-likeness (QED) is 0.684. The summed E-state index contributed by atoms with van der Waals surface area (Å²) in [5.74, 6) is 2.36. The van der Waals surface area contributed by atoms with E-state index >= 15 is 0 Å². The van der Waals surface area contributed by atoms with E-state index in [1.54, 1.807) is 0 Å². The van der Waals surface area contributed by atoms with Crippen LogP contribution in [0.1, 0.15) is 32.6 Å². The third kappa shape index (κ3) is 1.57. The molecule has 0 radical (unpaired) electrons. The van der Waals surface area contributed by atoms with Gasteiger partial charge in [-0.25, -0.2) is 0 Å². The van der Waals surface area contributed by atoms with Crippen molar-refractivity contribution in [1.29, 1.82) is 0 Å². The lowest BCUT2D eigenvalue weighted by Crippen LogP contribution is -2.37. The van der Waals surface area contributed by atoms with Crippen LogP contribution in [-0.2, 0) is 0 Å². The van der Waals surface area contributed by atoms with Gasteiger partial charge >= 0.3 is 0 Å². The molecule has 2 rings (SSSR count). The fraction of sp³-hybridized carbons (Fsp3) is 1.00. The Morgan fingerprint density at radius 1 is 1.45 bits per heavy atom. The smallest absolute Gasteiger partial charge is 0.0563 e. The van der Waals surface area contributed by atoms with Gasteiger partial charge in [-0.05, 0) is 25.2 Å². The van der Waals surface area contributed by atoms with E-state index in [0.717, 1.165) is 17.3 Å². The molecule has 2 unspecified atom stereocenters. The Kier molecular flexibility index (Phi) is 2.42. The van der Waals surface area contributed by atoms with E-state index in [0.29, 0.717) is 0 Å². The number of thioether (sulfide) groups is 1. The molecule has 1 aliphatic heterocycles. The molecule has 1 saturated carbocycles. The Morgan fingerprint density at radius 3 is 2.73 bits per heavy atom. The first-order valence-corrected chi connectivity index (χ1v) is 5.82. The van der Waals surface area contributed by atoms with Crippen molar-refractivity contribution in [3.63, 3.8) is 0 Å². The predicted molar refractivity (Wildman–Crippen MR) is 50.8 cm³/mol. The van der Waals surface area contributed by atoms with Crippen molar-refractivity contribution >= 4 is 11.8 Å². The van der Waals surface area contributed by atoms with Crippen LogP contribution in [0.15, 0.2) is 0 Å². The number of rotatable bonds is 2. The van der Waals surface area contributed by atoms with Crippen LogP contribution in [-0.4, -0.2) is 17.2 Å². The SMILES string of the molecule is CCC1CSC(C2CCC2)N1. The molecule has 2 aliphatic rings. The van der Waals surface area contributed by atoms with Crippen LogP contribution in [0.3, 0.4) is 0 Å². The first-order chi connectivity index (χ1) is 5.40. The van der Waals surface area contributed by atoms with Gasteiger partial charge in [0, 0.05) is 11.8 Å². The van der Waals surface area contributed by atoms with Crippen LogP contribution < -0.4 is 5.32 Å². The first kappa shape index (κ1) is 7.93. The zero-order valence-electron chi connectivity index (χ0n) is 7.18. The second kappa shape index (κ2) is 3.36. The lowest BCUT2D eigenvalue weighted by atomic mass is 9.85. The van der Waals surface area contributed by atoms with Crippen molar-refractivity contribution < 1.29 is 0 Å². The molecule has 1 heterocycles. The molecule has 1 N–H and O–H groups in total. The van der Waals surface area contributed by atoms with Gasteiger partial charge in [0.05, 0.1) is 5.37 Å². The van der Waals surface area contributed by atoms with Crippen molar-refractivity contribution in [2.45, 2.75) is 44.0 Å². The molecule has 2 heteroatoms. The fourth-order valence-electron chi connectivity index (χ4n) is 1.80. The average Bonchev–Trinajstić information content (AvgIpc) is 2.32. The Balaban J connectivity index is 1.79. The standard InChI is InChI=1S/C9H17NS/c1-2-8-6-11-9(10-8)7-4-3-5-7/h7-10H,2-6H2,1H3. The van der Waals surface area contributed by atoms with Crippen molar-refractivity contribution in [3.05, 3.63) is 0 Å². The first-order valence-electron chi connectivity index (χ1n) is 4.78. The summed E-state index contributed by atoms with van der Waals surface area (Å²) < 4.78 is 0. The normalized spacial score (nSPS) is 39.0. The minimum atomic E-state index is 0.811. The molecule has 0 aromatic heterocycles. The number of nitrogens with one attached hydrogen (secondary N) is 1. The summed E-state index contributed by atoms with van der Waals surface area (Å²) >= 11 is 2.15. The zero-order valence-corrected chi connectivity index (χ0v) is 7.99. The summed E-state index contributed by atoms with van der Waals surface area (Å²) in [7, 11) is 0. The maximum absolute atomic E-state index is 3.71. The van der Waals surface area contributed by atoms with Crippen LogP contribution in [0.2, 0.25) is 0 Å². The van der Waals surface area contributed by atoms with Gasteiger partial charge in [0.25, 0.3) is 0 Å². The van der Waals surface area contributed by atoms with Gasteiger partial charge < -0.3 is 5.32 Å². The molecule has 0 aromatic rings. The summed E-state index contributed by atoms with van der Waals surface area (Å²) in [6.07, 6.45) is 5.72. The van der Waals surface area contributed by atoms with E-state index in [1.165, 1.54) is 31.4 Å². The zero-order chi connectivity index (χ0) is 7.68. The van der Waals surface area contributed by atoms with Crippen LogP contribution in [0.4, 0.5) is 0 Å². The molecule has 0 spiro atoms. The van der Waals surface area contributed by atoms with E-state index in [4.69, 9.17) is 0 Å². The summed E-state index contributed by atoms with van der Waals surface area (Å²) in [5.41, 5.74) is 0. The maximum Gasteiger partial charge on any atom is 0.0563 e. The molecule has 64 valence electrons. The summed E-state index contributed by atoms with van der Waals surface area (Å²) in [5, 5.41) is 4.52. The molecule has 2 atom stereocenters. The van der Waals surface area contributed by atoms with Crippen molar-refractivity contribution in [2.75, 3.05) is 5.75 Å². The molecule has 0 bridgehead atoms. The van der Waals surface area contributed by atoms with Crippen molar-refractivity contribution in [2.24, 2.45) is 5.92 Å². The van der Waals surface area contributed by atoms with Gasteiger partial charge in [-0.3, -0.25) is 0 Å². The highest BCUT2D eigenvalue weighted by molar-refractivity contribution is 8.00. The van der Waals surface area contributed by atoms with E-state index in [1.807, 2.05) is 0 Å². The number of hydrogen-bond acceptors (Lipinski definition) is 2. The monoisotopic (exact) mass is 171 g/mol. The molecule has 0 aromatic carbocycles. The minimum absolute atomic E-state index is 0.811. The van der Waals surface area contributed by atoms with Crippen LogP contribution in [0.25, 0.3) is 0 Å². The molecule has 1 saturated heterocycles. The summed E-state index contributed by atoms with van der Waals surface area (Å²) in [4.78, 5) is 0. The molecule has 1 aliphatic carbocycles. The van der Waals surface area contributed by atoms with Gasteiger partial charge in [0.15, 0.2) is 0 Å². The van der Waals surface area contributed by atoms with E-state index < -0.39 is 0 Å². The third-order valence-electron chi connectivity index (χ3n) is 2.95. The second-order valence-corrected chi connectivity index (χ2v) is 4.89. The highest BCUT2D eigenvalue weighted by atomic mass is 32.2. The third-order valence-corrected chi connectivity index (χ3v) is 4.42. The average molecular weight is 171 g/mol. The molecular weight excluding hydrogens is 154 g/mol. The molecular formula is C9H17NS. The minimum Gasteiger partial charge on any atom is -0.301 e. The largest absolute Gasteiger partial charge is 0.301 e. The predicted octanol–water partition coefficient (Wildman–Crippen LogP) is 2.23. The van der Waals surface area contributed by atoms with Crippen molar-refractivity contribution in [1.82, 2.24) is 5.32 Å². The Morgan fingerprint density at radius 2 is 2.27 bits per heavy atom. The molecule has 1 nitrogen and oxygen atoms in total. The highest BCUT2D eigenvalue weighted by Gasteiger charge is 2.32. The summed E-state index contributed by atoms with van der Waals surface area (Å²) in [6.45, 7) is 2.28. The lowest BCUT2D eigenvalue weighted by Gasteiger charge is -2.31. The Labute approximate surface area is 73.3 Å². The van der Waals surface area contributed by atoms with Crippen molar-refractivity contribution in [3.8, 4) is 0 Å². The van der Waals surface area contributed by atoms with Crippen LogP contribution in [0.5, 0.6) is 0 Å². The Hall–Kier alpha value is 0.310. The molecule has 11 heavy (non-hydrogen) atoms. The highest BCUT2D eigenvalue weighted by Crippen LogP contribution is 2.37. The lowest BCUT2D eigenvalue weighted by molar-refractivity contribution is 0.279. The van der Waals surface area contributed by atoms with E-state index in [2.05, 4.69) is 24.0 Å². The van der Waals surface area contributed by atoms with Gasteiger partial charge in [0.1, 0.15) is 0 Å². The van der Waals surface area contributed by atoms with Gasteiger partial charge in [-0.15, -0.1) is 11.8 Å². The number of hydrogen-bond donors (Lipinski definition) is 1. The second-order valence-electron chi connectivity index (χ2n) is 3.72. The van der Waals surface area contributed by atoms with Crippen LogP contribution in [0, 0.1) is 5.92 Å². The topological polar surface area (TPSA) is 12.0 Å². The van der Waals surface area contributed by atoms with Crippen LogP contribution >= 0.6 is 11.8 Å². The van der Waals surface area contributed by atoms with E-state index in [9.17, 15) is 0 Å². The van der Waals surface area contributed by atoms with E-state index in [-0.39, 0.29) is 0 Å². The fourth-order valence-corrected chi connectivity index (χ4v) is 3.40. The maximum atomic E-state index is 3.71. The Bertz CT molecular complexity index is 134.